The standard InChI is InChI=1S/C21H33NO4Si/c1-14(20(24)25-12-15-10-8-7-9-11-15)18-17(19(23)22-18)16(21(2,3)4)13-26-27(5)6/h7-11,14,16-18,27H,12-13H2,1-6H3,(H,22,23)/t14-,16-,17+,18-/m1/s1. The number of nitrogens with one attached hydrogen (secondary N) is 1. The molecule has 0 radical (unpaired) electrons. The molecule has 1 heterocycles. The van der Waals surface area contributed by atoms with Gasteiger partial charge >= 0.3 is 5.97 Å². The second-order valence-corrected chi connectivity index (χ2v) is 11.2. The third-order valence-corrected chi connectivity index (χ3v) is 6.15. The van der Waals surface area contributed by atoms with Crippen molar-refractivity contribution in [3.05, 3.63) is 35.9 Å². The molecule has 1 aromatic carbocycles. The van der Waals surface area contributed by atoms with E-state index in [0.717, 1.165) is 5.56 Å². The van der Waals surface area contributed by atoms with Gasteiger partial charge in [0.2, 0.25) is 5.91 Å². The zero-order chi connectivity index (χ0) is 20.2. The number of carbonyl (C=O) groups excluding carboxylic acids is 2. The molecule has 1 aliphatic rings. The second-order valence-electron chi connectivity index (χ2n) is 8.80. The molecule has 0 bridgehead atoms. The van der Waals surface area contributed by atoms with E-state index >= 15 is 0 Å². The summed E-state index contributed by atoms with van der Waals surface area (Å²) in [4.78, 5) is 24.9. The van der Waals surface area contributed by atoms with Gasteiger partial charge in [-0.3, -0.25) is 9.59 Å². The van der Waals surface area contributed by atoms with Crippen molar-refractivity contribution in [3.63, 3.8) is 0 Å². The molecule has 0 aromatic heterocycles. The molecule has 0 saturated carbocycles. The smallest absolute Gasteiger partial charge is 0.311 e. The number of ether oxygens (including phenoxy) is 1. The van der Waals surface area contributed by atoms with E-state index in [4.69, 9.17) is 9.16 Å². The van der Waals surface area contributed by atoms with Crippen molar-refractivity contribution in [2.45, 2.75) is 53.4 Å². The molecule has 2 rings (SSSR count). The number of amides is 1. The number of rotatable bonds is 8. The van der Waals surface area contributed by atoms with Gasteiger partial charge in [-0.25, -0.2) is 0 Å². The lowest BCUT2D eigenvalue weighted by Gasteiger charge is -2.48. The number of hydrogen-bond acceptors (Lipinski definition) is 4. The van der Waals surface area contributed by atoms with E-state index in [1.807, 2.05) is 37.3 Å². The lowest BCUT2D eigenvalue weighted by atomic mass is 9.65. The SMILES string of the molecule is C[C@@H](C(=O)OCc1ccccc1)[C@H]1NC(=O)[C@H]1[C@@H](CO[SiH](C)C)C(C)(C)C. The van der Waals surface area contributed by atoms with Crippen LogP contribution in [0.2, 0.25) is 13.1 Å². The molecule has 0 spiro atoms. The molecule has 150 valence electrons. The Hall–Kier alpha value is -1.66. The first-order chi connectivity index (χ1) is 12.6. The topological polar surface area (TPSA) is 64.6 Å². The Kier molecular flexibility index (Phi) is 7.23. The minimum absolute atomic E-state index is 0.0108. The monoisotopic (exact) mass is 391 g/mol. The molecule has 1 amide bonds. The van der Waals surface area contributed by atoms with E-state index in [0.29, 0.717) is 6.61 Å². The molecule has 27 heavy (non-hydrogen) atoms. The van der Waals surface area contributed by atoms with Gasteiger partial charge in [0.05, 0.1) is 17.9 Å². The predicted octanol–water partition coefficient (Wildman–Crippen LogP) is 3.14. The third-order valence-electron chi connectivity index (χ3n) is 5.29. The summed E-state index contributed by atoms with van der Waals surface area (Å²) in [5.74, 6) is -0.817. The van der Waals surface area contributed by atoms with E-state index in [-0.39, 0.29) is 41.8 Å². The average Bonchev–Trinajstić information content (AvgIpc) is 2.60. The molecule has 0 unspecified atom stereocenters. The van der Waals surface area contributed by atoms with E-state index < -0.39 is 15.0 Å². The van der Waals surface area contributed by atoms with Gasteiger partial charge in [0, 0.05) is 6.61 Å². The zero-order valence-electron chi connectivity index (χ0n) is 17.3. The van der Waals surface area contributed by atoms with Crippen LogP contribution in [0.3, 0.4) is 0 Å². The highest BCUT2D eigenvalue weighted by molar-refractivity contribution is 6.48. The van der Waals surface area contributed by atoms with Crippen LogP contribution >= 0.6 is 0 Å². The Morgan fingerprint density at radius 2 is 1.85 bits per heavy atom. The fraction of sp³-hybridized carbons (Fsp3) is 0.619. The highest BCUT2D eigenvalue weighted by atomic mass is 28.3. The van der Waals surface area contributed by atoms with Crippen LogP contribution in [0, 0.1) is 23.2 Å². The highest BCUT2D eigenvalue weighted by Gasteiger charge is 2.51. The Bertz CT molecular complexity index is 641. The zero-order valence-corrected chi connectivity index (χ0v) is 18.5. The molecule has 1 saturated heterocycles. The summed E-state index contributed by atoms with van der Waals surface area (Å²) in [6.07, 6.45) is 0. The van der Waals surface area contributed by atoms with Crippen molar-refractivity contribution >= 4 is 20.9 Å². The van der Waals surface area contributed by atoms with Crippen molar-refractivity contribution in [1.29, 1.82) is 0 Å². The van der Waals surface area contributed by atoms with Crippen molar-refractivity contribution < 1.29 is 18.8 Å². The number of hydrogen-bond donors (Lipinski definition) is 1. The van der Waals surface area contributed by atoms with Crippen LogP contribution < -0.4 is 5.32 Å². The Morgan fingerprint density at radius 3 is 2.37 bits per heavy atom. The molecule has 1 N–H and O–H groups in total. The van der Waals surface area contributed by atoms with Crippen molar-refractivity contribution in [2.75, 3.05) is 6.61 Å². The molecule has 5 nitrogen and oxygen atoms in total. The lowest BCUT2D eigenvalue weighted by molar-refractivity contribution is -0.158. The van der Waals surface area contributed by atoms with Gasteiger partial charge in [-0.2, -0.15) is 0 Å². The van der Waals surface area contributed by atoms with Crippen molar-refractivity contribution in [1.82, 2.24) is 5.32 Å². The van der Waals surface area contributed by atoms with E-state index in [2.05, 4.69) is 39.2 Å². The molecule has 1 aliphatic heterocycles. The number of carbonyl (C=O) groups is 2. The average molecular weight is 392 g/mol. The van der Waals surface area contributed by atoms with E-state index in [1.54, 1.807) is 0 Å². The Labute approximate surface area is 164 Å². The molecule has 1 fully saturated rings. The number of esters is 1. The summed E-state index contributed by atoms with van der Waals surface area (Å²) in [6.45, 7) is 13.3. The largest absolute Gasteiger partial charge is 0.461 e. The molecule has 0 aliphatic carbocycles. The molecule has 6 heteroatoms. The van der Waals surface area contributed by atoms with Gasteiger partial charge in [0.1, 0.15) is 6.61 Å². The van der Waals surface area contributed by atoms with Crippen LogP contribution in [-0.2, 0) is 25.4 Å². The predicted molar refractivity (Wildman–Crippen MR) is 109 cm³/mol. The summed E-state index contributed by atoms with van der Waals surface area (Å²) >= 11 is 0. The maximum Gasteiger partial charge on any atom is 0.311 e. The normalized spacial score (nSPS) is 22.0. The minimum atomic E-state index is -1.18. The minimum Gasteiger partial charge on any atom is -0.461 e. The molecular weight excluding hydrogens is 358 g/mol. The van der Waals surface area contributed by atoms with Crippen LogP contribution in [0.4, 0.5) is 0 Å². The fourth-order valence-corrected chi connectivity index (χ4v) is 4.07. The number of β-lactam (4-membered cyclic amide) rings is 1. The first-order valence-electron chi connectivity index (χ1n) is 9.73. The van der Waals surface area contributed by atoms with Crippen LogP contribution in [0.5, 0.6) is 0 Å². The van der Waals surface area contributed by atoms with Crippen molar-refractivity contribution in [2.24, 2.45) is 23.2 Å². The number of benzene rings is 1. The Balaban J connectivity index is 2.02. The summed E-state index contributed by atoms with van der Waals surface area (Å²) in [6, 6.07) is 9.41. The van der Waals surface area contributed by atoms with E-state index in [1.165, 1.54) is 0 Å². The van der Waals surface area contributed by atoms with E-state index in [9.17, 15) is 9.59 Å². The van der Waals surface area contributed by atoms with Gasteiger partial charge in [-0.05, 0) is 36.9 Å². The van der Waals surface area contributed by atoms with Crippen molar-refractivity contribution in [3.8, 4) is 0 Å². The summed E-state index contributed by atoms with van der Waals surface area (Å²) in [5.41, 5.74) is 0.868. The van der Waals surface area contributed by atoms with Gasteiger partial charge in [-0.1, -0.05) is 51.1 Å². The van der Waals surface area contributed by atoms with Gasteiger partial charge in [0.25, 0.3) is 0 Å². The van der Waals surface area contributed by atoms with Gasteiger partial charge in [-0.15, -0.1) is 0 Å². The van der Waals surface area contributed by atoms with Gasteiger partial charge in [0.15, 0.2) is 9.04 Å². The quantitative estimate of drug-likeness (QED) is 0.420. The highest BCUT2D eigenvalue weighted by Crippen LogP contribution is 2.40. The van der Waals surface area contributed by atoms with Gasteiger partial charge < -0.3 is 14.5 Å². The second kappa shape index (κ2) is 9.02. The Morgan fingerprint density at radius 1 is 1.22 bits per heavy atom. The first-order valence-corrected chi connectivity index (χ1v) is 12.5. The summed E-state index contributed by atoms with van der Waals surface area (Å²) < 4.78 is 11.5. The summed E-state index contributed by atoms with van der Waals surface area (Å²) in [7, 11) is -1.18. The molecule has 4 atom stereocenters. The molecular formula is C21H33NO4Si. The fourth-order valence-electron chi connectivity index (χ4n) is 3.48. The third kappa shape index (κ3) is 5.66. The van der Waals surface area contributed by atoms with Crippen LogP contribution in [0.25, 0.3) is 0 Å². The molecule has 1 aromatic rings. The summed E-state index contributed by atoms with van der Waals surface area (Å²) in [5, 5.41) is 2.93. The maximum absolute atomic E-state index is 12.5. The lowest BCUT2D eigenvalue weighted by Crippen LogP contribution is -2.66. The van der Waals surface area contributed by atoms with Crippen LogP contribution in [-0.4, -0.2) is 33.6 Å². The first kappa shape index (κ1) is 21.6. The van der Waals surface area contributed by atoms with Crippen LogP contribution in [0.1, 0.15) is 33.3 Å². The van der Waals surface area contributed by atoms with Crippen LogP contribution in [0.15, 0.2) is 30.3 Å². The maximum atomic E-state index is 12.5.